The predicted octanol–water partition coefficient (Wildman–Crippen LogP) is 4.99. The Morgan fingerprint density at radius 3 is 2.41 bits per heavy atom. The third-order valence-electron chi connectivity index (χ3n) is 5.47. The zero-order valence-electron chi connectivity index (χ0n) is 21.9. The van der Waals surface area contributed by atoms with E-state index in [1.807, 2.05) is 30.3 Å². The number of pyridine rings is 1. The molecule has 202 valence electrons. The number of nitrogens with zero attached hydrogens (tertiary/aromatic N) is 4. The highest BCUT2D eigenvalue weighted by Crippen LogP contribution is 2.26. The van der Waals surface area contributed by atoms with Crippen LogP contribution in [0.4, 0.5) is 9.18 Å². The number of hydrogen-bond acceptors (Lipinski definition) is 8. The average molecular weight is 551 g/mol. The Hall–Kier alpha value is -4.38. The molecule has 0 saturated heterocycles. The van der Waals surface area contributed by atoms with E-state index in [0.717, 1.165) is 16.1 Å². The van der Waals surface area contributed by atoms with Gasteiger partial charge < -0.3 is 9.47 Å². The Bertz CT molecular complexity index is 1530. The van der Waals surface area contributed by atoms with Crippen molar-refractivity contribution >= 4 is 23.7 Å². The molecule has 0 atom stereocenters. The number of amides is 1. The maximum Gasteiger partial charge on any atom is 0.429 e. The first-order chi connectivity index (χ1) is 18.6. The molecule has 0 bridgehead atoms. The van der Waals surface area contributed by atoms with Crippen molar-refractivity contribution in [2.24, 2.45) is 0 Å². The van der Waals surface area contributed by atoms with Crippen LogP contribution in [0.15, 0.2) is 65.6 Å². The third-order valence-corrected chi connectivity index (χ3v) is 6.42. The number of ether oxygens (including phenoxy) is 2. The molecule has 0 radical (unpaired) electrons. The van der Waals surface area contributed by atoms with E-state index in [1.165, 1.54) is 41.4 Å². The second-order valence-electron chi connectivity index (χ2n) is 9.63. The molecule has 0 unspecified atom stereocenters. The van der Waals surface area contributed by atoms with E-state index in [-0.39, 0.29) is 34.4 Å². The Morgan fingerprint density at radius 2 is 1.77 bits per heavy atom. The molecule has 2 aromatic carbocycles. The maximum atomic E-state index is 13.6. The molecule has 0 saturated carbocycles. The van der Waals surface area contributed by atoms with Crippen LogP contribution in [0.3, 0.4) is 0 Å². The Labute approximate surface area is 228 Å². The summed E-state index contributed by atoms with van der Waals surface area (Å²) in [7, 11) is 1.41. The van der Waals surface area contributed by atoms with E-state index in [9.17, 15) is 18.8 Å². The molecule has 0 aliphatic carbocycles. The van der Waals surface area contributed by atoms with E-state index in [2.05, 4.69) is 10.2 Å². The lowest BCUT2D eigenvalue weighted by Gasteiger charge is -2.27. The van der Waals surface area contributed by atoms with Gasteiger partial charge in [-0.25, -0.2) is 18.9 Å². The molecule has 4 aromatic rings. The molecule has 9 nitrogen and oxygen atoms in total. The van der Waals surface area contributed by atoms with Crippen LogP contribution in [0.5, 0.6) is 5.75 Å². The van der Waals surface area contributed by atoms with Crippen LogP contribution in [0, 0.1) is 5.82 Å². The number of halogens is 1. The summed E-state index contributed by atoms with van der Waals surface area (Å²) in [4.78, 5) is 38.7. The van der Waals surface area contributed by atoms with Crippen LogP contribution in [-0.4, -0.2) is 39.9 Å². The molecule has 39 heavy (non-hydrogen) atoms. The highest BCUT2D eigenvalue weighted by Gasteiger charge is 2.27. The predicted molar refractivity (Wildman–Crippen MR) is 145 cm³/mol. The van der Waals surface area contributed by atoms with Gasteiger partial charge in [-0.15, -0.1) is 10.2 Å². The minimum Gasteiger partial charge on any atom is -0.483 e. The monoisotopic (exact) mass is 550 g/mol. The van der Waals surface area contributed by atoms with Crippen LogP contribution in [0.2, 0.25) is 0 Å². The minimum absolute atomic E-state index is 0.0163. The first-order valence-corrected chi connectivity index (χ1v) is 12.8. The van der Waals surface area contributed by atoms with Crippen LogP contribution in [0.1, 0.15) is 47.4 Å². The van der Waals surface area contributed by atoms with Gasteiger partial charge in [-0.05, 0) is 44.0 Å². The number of carbonyl (C=O) groups excluding carboxylic acids is 2. The second-order valence-corrected chi connectivity index (χ2v) is 10.7. The quantitative estimate of drug-likeness (QED) is 0.285. The van der Waals surface area contributed by atoms with Gasteiger partial charge in [0.15, 0.2) is 17.0 Å². The zero-order chi connectivity index (χ0) is 28.2. The number of carbonyl (C=O) groups is 2. The number of rotatable bonds is 8. The lowest BCUT2D eigenvalue weighted by molar-refractivity contribution is 0.0549. The fourth-order valence-corrected chi connectivity index (χ4v) is 4.48. The summed E-state index contributed by atoms with van der Waals surface area (Å²) in [6.45, 7) is 5.17. The number of aldehydes is 1. The lowest BCUT2D eigenvalue weighted by atomic mass is 10.2. The molecule has 2 heterocycles. The molecule has 0 N–H and O–H groups in total. The Balaban J connectivity index is 1.77. The number of benzene rings is 2. The summed E-state index contributed by atoms with van der Waals surface area (Å²) in [6.07, 6.45) is 1.43. The van der Waals surface area contributed by atoms with Gasteiger partial charge in [-0.2, -0.15) is 0 Å². The highest BCUT2D eigenvalue weighted by molar-refractivity contribution is 7.14. The minimum atomic E-state index is -0.796. The largest absolute Gasteiger partial charge is 0.483 e. The Morgan fingerprint density at radius 1 is 1.08 bits per heavy atom. The summed E-state index contributed by atoms with van der Waals surface area (Å²) in [5.41, 5.74) is 0.154. The molecule has 0 aliphatic rings. The van der Waals surface area contributed by atoms with Crippen molar-refractivity contribution in [3.05, 3.63) is 98.7 Å². The maximum absolute atomic E-state index is 13.6. The van der Waals surface area contributed by atoms with Crippen molar-refractivity contribution in [2.45, 2.75) is 39.4 Å². The molecule has 0 spiro atoms. The molecule has 2 aromatic heterocycles. The van der Waals surface area contributed by atoms with Gasteiger partial charge in [0, 0.05) is 19.7 Å². The van der Waals surface area contributed by atoms with Gasteiger partial charge in [0.25, 0.3) is 0 Å². The summed E-state index contributed by atoms with van der Waals surface area (Å²) in [6, 6.07) is 15.2. The van der Waals surface area contributed by atoms with Crippen LogP contribution in [0.25, 0.3) is 10.6 Å². The van der Waals surface area contributed by atoms with E-state index >= 15 is 0 Å². The zero-order valence-corrected chi connectivity index (χ0v) is 22.7. The topological polar surface area (TPSA) is 104 Å². The summed E-state index contributed by atoms with van der Waals surface area (Å²) in [5, 5.41) is 10.3. The SMILES string of the molecule is CN(C(=O)OC(C)(C)C)n1cc(-c2nnc(Cc3ccc(F)cc3)s2)c(=O)c(OCc2ccccc2)c1C=O. The Kier molecular flexibility index (Phi) is 8.20. The van der Waals surface area contributed by atoms with Crippen molar-refractivity contribution in [2.75, 3.05) is 12.1 Å². The van der Waals surface area contributed by atoms with Gasteiger partial charge in [-0.1, -0.05) is 53.8 Å². The average Bonchev–Trinajstić information content (AvgIpc) is 3.36. The van der Waals surface area contributed by atoms with E-state index in [0.29, 0.717) is 17.7 Å². The highest BCUT2D eigenvalue weighted by atomic mass is 32.1. The summed E-state index contributed by atoms with van der Waals surface area (Å²) >= 11 is 1.17. The van der Waals surface area contributed by atoms with Gasteiger partial charge in [0.2, 0.25) is 5.43 Å². The van der Waals surface area contributed by atoms with Crippen molar-refractivity contribution < 1.29 is 23.5 Å². The van der Waals surface area contributed by atoms with E-state index in [4.69, 9.17) is 9.47 Å². The smallest absolute Gasteiger partial charge is 0.429 e. The molecule has 1 amide bonds. The fourth-order valence-electron chi connectivity index (χ4n) is 3.60. The van der Waals surface area contributed by atoms with Crippen molar-refractivity contribution in [3.8, 4) is 16.3 Å². The van der Waals surface area contributed by atoms with Crippen LogP contribution in [-0.2, 0) is 17.8 Å². The first-order valence-electron chi connectivity index (χ1n) is 12.0. The number of hydrogen-bond donors (Lipinski definition) is 0. The molecular weight excluding hydrogens is 523 g/mol. The van der Waals surface area contributed by atoms with Crippen LogP contribution < -0.4 is 15.2 Å². The molecule has 0 aliphatic heterocycles. The molecule has 4 rings (SSSR count). The van der Waals surface area contributed by atoms with Crippen molar-refractivity contribution in [3.63, 3.8) is 0 Å². The van der Waals surface area contributed by atoms with E-state index in [1.54, 1.807) is 32.9 Å². The van der Waals surface area contributed by atoms with Gasteiger partial charge >= 0.3 is 6.09 Å². The summed E-state index contributed by atoms with van der Waals surface area (Å²) < 4.78 is 25.8. The van der Waals surface area contributed by atoms with Gasteiger partial charge in [-0.3, -0.25) is 9.59 Å². The normalized spacial score (nSPS) is 11.2. The van der Waals surface area contributed by atoms with E-state index < -0.39 is 17.1 Å². The first kappa shape index (κ1) is 27.6. The summed E-state index contributed by atoms with van der Waals surface area (Å²) in [5.74, 6) is -0.582. The molecule has 11 heteroatoms. The van der Waals surface area contributed by atoms with Gasteiger partial charge in [0.1, 0.15) is 28.7 Å². The second kappa shape index (κ2) is 11.6. The van der Waals surface area contributed by atoms with Crippen molar-refractivity contribution in [1.29, 1.82) is 0 Å². The number of aromatic nitrogens is 3. The standard InChI is InChI=1S/C28H27FN4O5S/c1-28(2,3)38-27(36)32(4)33-15-21(26-31-30-23(39-26)14-18-10-12-20(29)13-11-18)24(35)25(22(33)16-34)37-17-19-8-6-5-7-9-19/h5-13,15-16H,14,17H2,1-4H3. The molecule has 0 fully saturated rings. The fraction of sp³-hybridized carbons (Fsp3) is 0.250. The lowest BCUT2D eigenvalue weighted by Crippen LogP contribution is -2.42. The third kappa shape index (κ3) is 6.74. The molecular formula is C28H27FN4O5S. The van der Waals surface area contributed by atoms with Gasteiger partial charge in [0.05, 0.1) is 5.56 Å². The van der Waals surface area contributed by atoms with Crippen LogP contribution >= 0.6 is 11.3 Å². The van der Waals surface area contributed by atoms with Crippen molar-refractivity contribution in [1.82, 2.24) is 14.9 Å².